The Hall–Kier alpha value is -0.320. The Bertz CT molecular complexity index is 249. The molecule has 1 N–H and O–H groups in total. The summed E-state index contributed by atoms with van der Waals surface area (Å²) < 4.78 is 4.94. The summed E-state index contributed by atoms with van der Waals surface area (Å²) in [5, 5.41) is 3.13. The van der Waals surface area contributed by atoms with E-state index in [0.717, 1.165) is 31.5 Å². The van der Waals surface area contributed by atoms with Gasteiger partial charge < -0.3 is 15.0 Å². The van der Waals surface area contributed by atoms with Crippen LogP contribution in [0.25, 0.3) is 0 Å². The molecule has 2 aliphatic rings. The second-order valence-electron chi connectivity index (χ2n) is 5.27. The first-order chi connectivity index (χ1) is 8.31. The summed E-state index contributed by atoms with van der Waals surface area (Å²) in [6, 6.07) is 0. The van der Waals surface area contributed by atoms with E-state index in [1.165, 1.54) is 25.7 Å². The number of ether oxygens (including phenoxy) is 1. The largest absolute Gasteiger partial charge is 0.383 e. The van der Waals surface area contributed by atoms with E-state index < -0.39 is 0 Å². The summed E-state index contributed by atoms with van der Waals surface area (Å²) in [6.45, 7) is 3.87. The minimum atomic E-state index is 0. The highest BCUT2D eigenvalue weighted by Crippen LogP contribution is 2.35. The van der Waals surface area contributed by atoms with E-state index in [1.54, 1.807) is 7.11 Å². The molecule has 106 valence electrons. The molecule has 4 nitrogen and oxygen atoms in total. The van der Waals surface area contributed by atoms with E-state index in [2.05, 4.69) is 10.2 Å². The highest BCUT2D eigenvalue weighted by Gasteiger charge is 2.35. The molecule has 2 unspecified atom stereocenters. The van der Waals surface area contributed by atoms with Crippen LogP contribution in [-0.2, 0) is 9.53 Å². The van der Waals surface area contributed by atoms with Crippen molar-refractivity contribution in [1.29, 1.82) is 0 Å². The number of rotatable bonds is 5. The van der Waals surface area contributed by atoms with Crippen LogP contribution in [0.3, 0.4) is 0 Å². The third kappa shape index (κ3) is 4.11. The normalized spacial score (nSPS) is 26.6. The van der Waals surface area contributed by atoms with Crippen LogP contribution >= 0.6 is 12.4 Å². The molecule has 0 aromatic rings. The Morgan fingerprint density at radius 1 is 1.28 bits per heavy atom. The van der Waals surface area contributed by atoms with E-state index in [-0.39, 0.29) is 18.3 Å². The minimum Gasteiger partial charge on any atom is -0.383 e. The third-order valence-corrected chi connectivity index (χ3v) is 4.09. The molecule has 1 amide bonds. The molecular weight excluding hydrogens is 252 g/mol. The zero-order valence-electron chi connectivity index (χ0n) is 11.2. The summed E-state index contributed by atoms with van der Waals surface area (Å²) in [4.78, 5) is 14.0. The molecule has 0 aromatic heterocycles. The quantitative estimate of drug-likeness (QED) is 0.770. The van der Waals surface area contributed by atoms with E-state index in [1.807, 2.05) is 0 Å². The molecule has 2 rings (SSSR count). The zero-order chi connectivity index (χ0) is 12.1. The second kappa shape index (κ2) is 7.97. The molecular formula is C13H25ClN2O2. The first kappa shape index (κ1) is 15.7. The highest BCUT2D eigenvalue weighted by molar-refractivity contribution is 5.85. The molecule has 1 aliphatic carbocycles. The predicted octanol–water partition coefficient (Wildman–Crippen LogP) is 1.29. The fraction of sp³-hybridized carbons (Fsp3) is 0.923. The van der Waals surface area contributed by atoms with Crippen LogP contribution in [0.5, 0.6) is 0 Å². The maximum Gasteiger partial charge on any atom is 0.236 e. The number of hydrogen-bond acceptors (Lipinski definition) is 3. The molecule has 0 spiro atoms. The van der Waals surface area contributed by atoms with E-state index in [9.17, 15) is 4.79 Å². The standard InChI is InChI=1S/C13H24N2O2.ClH/c1-17-7-6-14-8-13(16)15-9-11-4-2-3-5-12(11)10-15;/h11-12,14H,2-10H2,1H3;1H. The number of likely N-dealkylation sites (tertiary alicyclic amines) is 1. The first-order valence-electron chi connectivity index (χ1n) is 6.78. The lowest BCUT2D eigenvalue weighted by atomic mass is 9.82. The number of methoxy groups -OCH3 is 1. The predicted molar refractivity (Wildman–Crippen MR) is 74.0 cm³/mol. The van der Waals surface area contributed by atoms with Crippen LogP contribution in [0.1, 0.15) is 25.7 Å². The van der Waals surface area contributed by atoms with Crippen LogP contribution in [0.4, 0.5) is 0 Å². The van der Waals surface area contributed by atoms with E-state index in [4.69, 9.17) is 4.74 Å². The van der Waals surface area contributed by atoms with Gasteiger partial charge in [-0.05, 0) is 24.7 Å². The Morgan fingerprint density at radius 2 is 1.89 bits per heavy atom. The van der Waals surface area contributed by atoms with Gasteiger partial charge in [0.1, 0.15) is 0 Å². The Morgan fingerprint density at radius 3 is 2.44 bits per heavy atom. The number of carbonyl (C=O) groups excluding carboxylic acids is 1. The van der Waals surface area contributed by atoms with Crippen molar-refractivity contribution in [3.05, 3.63) is 0 Å². The van der Waals surface area contributed by atoms with Crippen LogP contribution in [-0.4, -0.2) is 50.7 Å². The molecule has 1 saturated heterocycles. The first-order valence-corrected chi connectivity index (χ1v) is 6.78. The fourth-order valence-corrected chi connectivity index (χ4v) is 3.09. The lowest BCUT2D eigenvalue weighted by molar-refractivity contribution is -0.129. The number of fused-ring (bicyclic) bond motifs is 1. The second-order valence-corrected chi connectivity index (χ2v) is 5.27. The monoisotopic (exact) mass is 276 g/mol. The maximum absolute atomic E-state index is 12.0. The summed E-state index contributed by atoms with van der Waals surface area (Å²) in [5.74, 6) is 1.83. The molecule has 5 heteroatoms. The molecule has 0 aromatic carbocycles. The molecule has 18 heavy (non-hydrogen) atoms. The van der Waals surface area contributed by atoms with Gasteiger partial charge in [0.2, 0.25) is 5.91 Å². The van der Waals surface area contributed by atoms with Crippen molar-refractivity contribution in [3.8, 4) is 0 Å². The number of carbonyl (C=O) groups is 1. The highest BCUT2D eigenvalue weighted by atomic mass is 35.5. The van der Waals surface area contributed by atoms with Crippen molar-refractivity contribution in [3.63, 3.8) is 0 Å². The Labute approximate surface area is 116 Å². The number of nitrogens with one attached hydrogen (secondary N) is 1. The van der Waals surface area contributed by atoms with Crippen molar-refractivity contribution >= 4 is 18.3 Å². The van der Waals surface area contributed by atoms with Gasteiger partial charge in [-0.2, -0.15) is 0 Å². The van der Waals surface area contributed by atoms with Gasteiger partial charge in [-0.25, -0.2) is 0 Å². The maximum atomic E-state index is 12.0. The average Bonchev–Trinajstić information content (AvgIpc) is 2.78. The Balaban J connectivity index is 0.00000162. The fourth-order valence-electron chi connectivity index (χ4n) is 3.09. The molecule has 2 fully saturated rings. The number of halogens is 1. The number of hydrogen-bond donors (Lipinski definition) is 1. The van der Waals surface area contributed by atoms with Gasteiger partial charge in [0.15, 0.2) is 0 Å². The van der Waals surface area contributed by atoms with Gasteiger partial charge in [-0.15, -0.1) is 12.4 Å². The van der Waals surface area contributed by atoms with Crippen molar-refractivity contribution in [2.24, 2.45) is 11.8 Å². The smallest absolute Gasteiger partial charge is 0.236 e. The van der Waals surface area contributed by atoms with Crippen molar-refractivity contribution in [1.82, 2.24) is 10.2 Å². The van der Waals surface area contributed by atoms with Gasteiger partial charge in [0.25, 0.3) is 0 Å². The SMILES string of the molecule is COCCNCC(=O)N1CC2CCCCC2C1.Cl. The lowest BCUT2D eigenvalue weighted by Gasteiger charge is -2.22. The molecule has 0 bridgehead atoms. The molecule has 1 heterocycles. The van der Waals surface area contributed by atoms with Crippen molar-refractivity contribution in [2.45, 2.75) is 25.7 Å². The summed E-state index contributed by atoms with van der Waals surface area (Å²) >= 11 is 0. The van der Waals surface area contributed by atoms with Crippen LogP contribution in [0.2, 0.25) is 0 Å². The van der Waals surface area contributed by atoms with Crippen LogP contribution in [0.15, 0.2) is 0 Å². The third-order valence-electron chi connectivity index (χ3n) is 4.09. The van der Waals surface area contributed by atoms with E-state index in [0.29, 0.717) is 13.2 Å². The lowest BCUT2D eigenvalue weighted by Crippen LogP contribution is -2.37. The molecule has 2 atom stereocenters. The average molecular weight is 277 g/mol. The van der Waals surface area contributed by atoms with Crippen molar-refractivity contribution in [2.75, 3.05) is 39.9 Å². The van der Waals surface area contributed by atoms with Crippen LogP contribution in [0, 0.1) is 11.8 Å². The van der Waals surface area contributed by atoms with Gasteiger partial charge in [-0.1, -0.05) is 12.8 Å². The summed E-state index contributed by atoms with van der Waals surface area (Å²) in [7, 11) is 1.68. The number of nitrogens with zero attached hydrogens (tertiary/aromatic N) is 1. The molecule has 1 aliphatic heterocycles. The van der Waals surface area contributed by atoms with Gasteiger partial charge >= 0.3 is 0 Å². The summed E-state index contributed by atoms with van der Waals surface area (Å²) in [5.41, 5.74) is 0. The topological polar surface area (TPSA) is 41.6 Å². The van der Waals surface area contributed by atoms with Gasteiger partial charge in [0.05, 0.1) is 13.2 Å². The van der Waals surface area contributed by atoms with E-state index >= 15 is 0 Å². The molecule has 0 radical (unpaired) electrons. The van der Waals surface area contributed by atoms with Gasteiger partial charge in [0, 0.05) is 26.7 Å². The van der Waals surface area contributed by atoms with Gasteiger partial charge in [-0.3, -0.25) is 4.79 Å². The Kier molecular flexibility index (Phi) is 6.97. The number of amides is 1. The molecule has 1 saturated carbocycles. The van der Waals surface area contributed by atoms with Crippen LogP contribution < -0.4 is 5.32 Å². The summed E-state index contributed by atoms with van der Waals surface area (Å²) in [6.07, 6.45) is 5.36. The zero-order valence-corrected chi connectivity index (χ0v) is 12.0. The minimum absolute atomic E-state index is 0. The van der Waals surface area contributed by atoms with Crippen molar-refractivity contribution < 1.29 is 9.53 Å².